The molecular weight excluding hydrogens is 364 g/mol. The van der Waals surface area contributed by atoms with Gasteiger partial charge in [0.2, 0.25) is 0 Å². The molecule has 5 heteroatoms. The van der Waals surface area contributed by atoms with Crippen LogP contribution in [0, 0.1) is 13.8 Å². The summed E-state index contributed by atoms with van der Waals surface area (Å²) in [5, 5.41) is 4.24. The molecule has 0 spiro atoms. The molecule has 29 heavy (non-hydrogen) atoms. The van der Waals surface area contributed by atoms with Crippen LogP contribution < -0.4 is 0 Å². The van der Waals surface area contributed by atoms with Gasteiger partial charge in [-0.1, -0.05) is 47.1 Å². The third kappa shape index (κ3) is 4.57. The van der Waals surface area contributed by atoms with Crippen molar-refractivity contribution in [1.29, 1.82) is 0 Å². The van der Waals surface area contributed by atoms with E-state index in [0.29, 0.717) is 18.7 Å². The second kappa shape index (κ2) is 8.62. The lowest BCUT2D eigenvalue weighted by molar-refractivity contribution is 0.0502. The number of ether oxygens (including phenoxy) is 1. The monoisotopic (exact) mass is 390 g/mol. The van der Waals surface area contributed by atoms with Crippen molar-refractivity contribution in [3.05, 3.63) is 77.0 Å². The lowest BCUT2D eigenvalue weighted by Crippen LogP contribution is -2.37. The highest BCUT2D eigenvalue weighted by molar-refractivity contribution is 5.94. The molecule has 2 heterocycles. The van der Waals surface area contributed by atoms with Crippen LogP contribution in [0.3, 0.4) is 0 Å². The number of nitrogens with zero attached hydrogens (tertiary/aromatic N) is 2. The number of aryl methyl sites for hydroxylation is 2. The summed E-state index contributed by atoms with van der Waals surface area (Å²) >= 11 is 0. The van der Waals surface area contributed by atoms with Crippen molar-refractivity contribution in [2.24, 2.45) is 0 Å². The molecule has 0 radical (unpaired) electrons. The van der Waals surface area contributed by atoms with Crippen LogP contribution in [0.25, 0.3) is 11.3 Å². The van der Waals surface area contributed by atoms with Crippen LogP contribution in [-0.2, 0) is 11.3 Å². The SMILES string of the molecule is Cc1ccc(-c2cc(CN(C[C@H]3CCCO3)C(=O)c3ccccc3)no2)c(C)c1. The van der Waals surface area contributed by atoms with Crippen LogP contribution in [0.2, 0.25) is 0 Å². The van der Waals surface area contributed by atoms with Gasteiger partial charge in [0.15, 0.2) is 5.76 Å². The second-order valence-corrected chi connectivity index (χ2v) is 7.69. The van der Waals surface area contributed by atoms with Crippen molar-refractivity contribution in [3.63, 3.8) is 0 Å². The molecule has 1 saturated heterocycles. The highest BCUT2D eigenvalue weighted by Crippen LogP contribution is 2.26. The molecule has 1 fully saturated rings. The van der Waals surface area contributed by atoms with Gasteiger partial charge in [-0.3, -0.25) is 4.79 Å². The summed E-state index contributed by atoms with van der Waals surface area (Å²) in [4.78, 5) is 14.9. The lowest BCUT2D eigenvalue weighted by Gasteiger charge is -2.24. The molecule has 150 valence electrons. The predicted octanol–water partition coefficient (Wildman–Crippen LogP) is 4.78. The maximum Gasteiger partial charge on any atom is 0.254 e. The van der Waals surface area contributed by atoms with Crippen molar-refractivity contribution in [1.82, 2.24) is 10.1 Å². The van der Waals surface area contributed by atoms with Crippen LogP contribution in [-0.4, -0.2) is 35.2 Å². The van der Waals surface area contributed by atoms with Gasteiger partial charge in [-0.2, -0.15) is 0 Å². The van der Waals surface area contributed by atoms with E-state index in [9.17, 15) is 4.79 Å². The first-order valence-electron chi connectivity index (χ1n) is 10.1. The molecule has 0 bridgehead atoms. The first-order chi connectivity index (χ1) is 14.1. The number of aromatic nitrogens is 1. The van der Waals surface area contributed by atoms with E-state index in [0.717, 1.165) is 42.0 Å². The molecule has 0 N–H and O–H groups in total. The molecule has 2 aromatic carbocycles. The molecule has 0 aliphatic carbocycles. The molecule has 0 unspecified atom stereocenters. The van der Waals surface area contributed by atoms with E-state index in [1.807, 2.05) is 47.4 Å². The number of hydrogen-bond donors (Lipinski definition) is 0. The number of benzene rings is 2. The van der Waals surface area contributed by atoms with Gasteiger partial charge in [0.05, 0.1) is 12.6 Å². The largest absolute Gasteiger partial charge is 0.376 e. The van der Waals surface area contributed by atoms with E-state index in [-0.39, 0.29) is 12.0 Å². The summed E-state index contributed by atoms with van der Waals surface area (Å²) < 4.78 is 11.4. The fourth-order valence-electron chi connectivity index (χ4n) is 3.82. The predicted molar refractivity (Wildman–Crippen MR) is 112 cm³/mol. The maximum atomic E-state index is 13.1. The minimum Gasteiger partial charge on any atom is -0.376 e. The van der Waals surface area contributed by atoms with E-state index in [1.165, 1.54) is 5.56 Å². The molecule has 1 aromatic heterocycles. The Bertz CT molecular complexity index is 975. The number of amides is 1. The molecular formula is C24H26N2O3. The highest BCUT2D eigenvalue weighted by Gasteiger charge is 2.24. The van der Waals surface area contributed by atoms with Gasteiger partial charge in [-0.15, -0.1) is 0 Å². The molecule has 5 nitrogen and oxygen atoms in total. The quantitative estimate of drug-likeness (QED) is 0.608. The van der Waals surface area contributed by atoms with Gasteiger partial charge in [-0.05, 0) is 44.4 Å². The van der Waals surface area contributed by atoms with Crippen LogP contribution in [0.5, 0.6) is 0 Å². The van der Waals surface area contributed by atoms with Crippen molar-refractivity contribution in [2.45, 2.75) is 39.3 Å². The molecule has 1 atom stereocenters. The summed E-state index contributed by atoms with van der Waals surface area (Å²) in [6.07, 6.45) is 2.10. The van der Waals surface area contributed by atoms with E-state index in [4.69, 9.17) is 9.26 Å². The van der Waals surface area contributed by atoms with Gasteiger partial charge >= 0.3 is 0 Å². The molecule has 4 rings (SSSR count). The Morgan fingerprint density at radius 1 is 1.14 bits per heavy atom. The average Bonchev–Trinajstić information content (AvgIpc) is 3.40. The minimum atomic E-state index is -0.0165. The average molecular weight is 390 g/mol. The van der Waals surface area contributed by atoms with Crippen LogP contribution in [0.4, 0.5) is 0 Å². The zero-order valence-electron chi connectivity index (χ0n) is 16.9. The highest BCUT2D eigenvalue weighted by atomic mass is 16.5. The Balaban J connectivity index is 1.55. The Kier molecular flexibility index (Phi) is 5.76. The topological polar surface area (TPSA) is 55.6 Å². The zero-order valence-corrected chi connectivity index (χ0v) is 16.9. The Labute approximate surface area is 171 Å². The van der Waals surface area contributed by atoms with E-state index in [2.05, 4.69) is 31.1 Å². The molecule has 1 aliphatic heterocycles. The third-order valence-electron chi connectivity index (χ3n) is 5.32. The molecule has 1 aliphatic rings. The summed E-state index contributed by atoms with van der Waals surface area (Å²) in [6, 6.07) is 17.5. The van der Waals surface area contributed by atoms with Gasteiger partial charge in [0, 0.05) is 30.3 Å². The first kappa shape index (κ1) is 19.4. The maximum absolute atomic E-state index is 13.1. The van der Waals surface area contributed by atoms with Crippen LogP contribution in [0.1, 0.15) is 40.0 Å². The molecule has 0 saturated carbocycles. The van der Waals surface area contributed by atoms with Crippen LogP contribution >= 0.6 is 0 Å². The molecule has 1 amide bonds. The smallest absolute Gasteiger partial charge is 0.254 e. The number of carbonyl (C=O) groups is 1. The number of hydrogen-bond acceptors (Lipinski definition) is 4. The van der Waals surface area contributed by atoms with E-state index >= 15 is 0 Å². The fraction of sp³-hybridized carbons (Fsp3) is 0.333. The van der Waals surface area contributed by atoms with Gasteiger partial charge < -0.3 is 14.2 Å². The Morgan fingerprint density at radius 3 is 2.69 bits per heavy atom. The fourth-order valence-corrected chi connectivity index (χ4v) is 3.82. The van der Waals surface area contributed by atoms with Crippen molar-refractivity contribution >= 4 is 5.91 Å². The van der Waals surface area contributed by atoms with Crippen LogP contribution in [0.15, 0.2) is 59.1 Å². The van der Waals surface area contributed by atoms with E-state index in [1.54, 1.807) is 0 Å². The van der Waals surface area contributed by atoms with Gasteiger partial charge in [0.25, 0.3) is 5.91 Å². The summed E-state index contributed by atoms with van der Waals surface area (Å²) in [5.74, 6) is 0.707. The van der Waals surface area contributed by atoms with E-state index < -0.39 is 0 Å². The lowest BCUT2D eigenvalue weighted by atomic mass is 10.0. The molecule has 3 aromatic rings. The second-order valence-electron chi connectivity index (χ2n) is 7.69. The summed E-state index contributed by atoms with van der Waals surface area (Å²) in [7, 11) is 0. The van der Waals surface area contributed by atoms with Crippen molar-refractivity contribution in [2.75, 3.05) is 13.2 Å². The van der Waals surface area contributed by atoms with Crippen molar-refractivity contribution in [3.8, 4) is 11.3 Å². The first-order valence-corrected chi connectivity index (χ1v) is 10.1. The normalized spacial score (nSPS) is 16.1. The van der Waals surface area contributed by atoms with Gasteiger partial charge in [-0.25, -0.2) is 0 Å². The Hall–Kier alpha value is -2.92. The number of rotatable bonds is 6. The van der Waals surface area contributed by atoms with Gasteiger partial charge in [0.1, 0.15) is 5.69 Å². The number of carbonyl (C=O) groups excluding carboxylic acids is 1. The Morgan fingerprint density at radius 2 is 1.97 bits per heavy atom. The van der Waals surface area contributed by atoms with Crippen molar-refractivity contribution < 1.29 is 14.1 Å². The minimum absolute atomic E-state index is 0.0165. The summed E-state index contributed by atoms with van der Waals surface area (Å²) in [5.41, 5.74) is 4.78. The third-order valence-corrected chi connectivity index (χ3v) is 5.32. The zero-order chi connectivity index (χ0) is 20.2. The summed E-state index contributed by atoms with van der Waals surface area (Å²) in [6.45, 7) is 5.84. The standard InChI is InChI=1S/C24H26N2O3/c1-17-10-11-22(18(2)13-17)23-14-20(25-29-23)15-26(16-21-9-6-12-28-21)24(27)19-7-4-3-5-8-19/h3-5,7-8,10-11,13-14,21H,6,9,12,15-16H2,1-2H3/t21-/m1/s1.